The Morgan fingerprint density at radius 2 is 1.77 bits per heavy atom. The van der Waals surface area contributed by atoms with Gasteiger partial charge in [-0.1, -0.05) is 38.1 Å². The first-order valence-electron chi connectivity index (χ1n) is 25.1. The minimum absolute atomic E-state index is 0.0394. The van der Waals surface area contributed by atoms with E-state index in [1.807, 2.05) is 42.3 Å². The summed E-state index contributed by atoms with van der Waals surface area (Å²) in [6, 6.07) is 21.5. The molecule has 6 aliphatic rings. The maximum Gasteiger partial charge on any atom is 0.297 e. The van der Waals surface area contributed by atoms with E-state index in [1.54, 1.807) is 6.07 Å². The number of piperazine rings is 1. The smallest absolute Gasteiger partial charge is 0.297 e. The largest absolute Gasteiger partial charge is 0.489 e. The van der Waals surface area contributed by atoms with Crippen molar-refractivity contribution in [3.63, 3.8) is 0 Å². The van der Waals surface area contributed by atoms with E-state index < -0.39 is 31.4 Å². The van der Waals surface area contributed by atoms with Gasteiger partial charge in [0.15, 0.2) is 11.4 Å². The van der Waals surface area contributed by atoms with E-state index in [0.29, 0.717) is 59.4 Å². The summed E-state index contributed by atoms with van der Waals surface area (Å²) in [4.78, 5) is 45.6. The summed E-state index contributed by atoms with van der Waals surface area (Å²) in [6.45, 7) is 14.1. The number of hydrogen-bond acceptors (Lipinski definition) is 14. The van der Waals surface area contributed by atoms with Crippen LogP contribution in [0.5, 0.6) is 11.6 Å². The van der Waals surface area contributed by atoms with Crippen LogP contribution in [-0.4, -0.2) is 135 Å². The fourth-order valence-electron chi connectivity index (χ4n) is 12.1. The number of amides is 1. The lowest BCUT2D eigenvalue weighted by molar-refractivity contribution is -0.384. The number of aromatic amines is 1. The topological polar surface area (TPSA) is 182 Å². The molecule has 1 amide bonds. The van der Waals surface area contributed by atoms with Crippen molar-refractivity contribution in [2.75, 3.05) is 87.7 Å². The summed E-state index contributed by atoms with van der Waals surface area (Å²) >= 11 is 0. The quantitative estimate of drug-likeness (QED) is 0.0868. The zero-order chi connectivity index (χ0) is 48.5. The number of nitro benzene ring substituents is 1. The van der Waals surface area contributed by atoms with Crippen LogP contribution in [-0.2, 0) is 10.0 Å². The number of H-pyrrole nitrogens is 1. The monoisotopic (exact) mass is 972 g/mol. The van der Waals surface area contributed by atoms with E-state index in [1.165, 1.54) is 42.9 Å². The van der Waals surface area contributed by atoms with Gasteiger partial charge in [0, 0.05) is 87.3 Å². The Balaban J connectivity index is 0.844. The van der Waals surface area contributed by atoms with E-state index in [-0.39, 0.29) is 35.8 Å². The number of aromatic nitrogens is 2. The Labute approximate surface area is 409 Å². The van der Waals surface area contributed by atoms with Gasteiger partial charge in [-0.25, -0.2) is 13.1 Å². The average Bonchev–Trinajstić information content (AvgIpc) is 4.02. The van der Waals surface area contributed by atoms with Crippen molar-refractivity contribution in [2.24, 2.45) is 5.41 Å². The molecular weight excluding hydrogens is 909 g/mol. The lowest BCUT2D eigenvalue weighted by Crippen LogP contribution is -2.55. The van der Waals surface area contributed by atoms with Crippen LogP contribution in [0.1, 0.15) is 92.7 Å². The molecule has 0 unspecified atom stereocenters. The van der Waals surface area contributed by atoms with Gasteiger partial charge in [-0.3, -0.25) is 24.7 Å². The third kappa shape index (κ3) is 8.81. The van der Waals surface area contributed by atoms with Gasteiger partial charge in [-0.15, -0.1) is 0 Å². The second-order valence-electron chi connectivity index (χ2n) is 21.0. The highest BCUT2D eigenvalue weighted by atomic mass is 32.2. The second-order valence-corrected chi connectivity index (χ2v) is 22.6. The fourth-order valence-corrected chi connectivity index (χ4v) is 13.1. The van der Waals surface area contributed by atoms with Gasteiger partial charge in [-0.05, 0) is 112 Å². The number of likely N-dealkylation sites (N-methyl/N-ethyl adjacent to an activating group) is 1. The molecule has 2 aromatic heterocycles. The van der Waals surface area contributed by atoms with Crippen molar-refractivity contribution >= 4 is 55.4 Å². The Morgan fingerprint density at radius 3 is 2.54 bits per heavy atom. The molecule has 3 atom stereocenters. The Bertz CT molecular complexity index is 2920. The Kier molecular flexibility index (Phi) is 12.2. The molecule has 7 heterocycles. The first-order valence-corrected chi connectivity index (χ1v) is 26.5. The molecule has 70 heavy (non-hydrogen) atoms. The Morgan fingerprint density at radius 1 is 0.986 bits per heavy atom. The standard InChI is InChI=1S/C52H64N10O7S/c1-33(2)40-8-5-6-9-41(40)43-10-7-17-60(43)38-28-52(29-38)14-18-59(19-15-52)37-11-12-42(44(25-37)61-30-34(3)69-51-46(61)24-35-13-16-53-49(35)55-51)50(63)56-70(66,67)39-26-45(62(64)65)48-47(27-39)68-32-36(54-48)31-58-22-20-57(4)21-23-58/h5-6,8-9,11-13,16,24-27,33-34,36,38,43,54H,7,10,14-15,17-23,28-32H2,1-4H3,(H,53,55)(H,56,63)/t34-,36-,43+/m1/s1. The molecule has 17 nitrogen and oxygen atoms in total. The number of fused-ring (bicyclic) bond motifs is 3. The summed E-state index contributed by atoms with van der Waals surface area (Å²) in [7, 11) is -2.58. The zero-order valence-corrected chi connectivity index (χ0v) is 41.3. The molecular formula is C52H64N10O7S. The lowest BCUT2D eigenvalue weighted by atomic mass is 9.59. The maximum atomic E-state index is 14.6. The van der Waals surface area contributed by atoms with Crippen LogP contribution < -0.4 is 29.3 Å². The van der Waals surface area contributed by atoms with Gasteiger partial charge in [0.25, 0.3) is 21.6 Å². The molecule has 3 aromatic carbocycles. The van der Waals surface area contributed by atoms with Crippen LogP contribution in [0.15, 0.2) is 77.8 Å². The maximum absolute atomic E-state index is 14.6. The number of hydrogen-bond donors (Lipinski definition) is 3. The zero-order valence-electron chi connectivity index (χ0n) is 40.5. The second kappa shape index (κ2) is 18.3. The van der Waals surface area contributed by atoms with E-state index in [4.69, 9.17) is 14.5 Å². The van der Waals surface area contributed by atoms with Gasteiger partial charge in [0.2, 0.25) is 5.88 Å². The van der Waals surface area contributed by atoms with Crippen LogP contribution in [0.3, 0.4) is 0 Å². The van der Waals surface area contributed by atoms with Gasteiger partial charge in [-0.2, -0.15) is 4.98 Å². The number of pyridine rings is 1. The third-order valence-corrected chi connectivity index (χ3v) is 17.3. The van der Waals surface area contributed by atoms with Gasteiger partial charge < -0.3 is 34.5 Å². The minimum Gasteiger partial charge on any atom is -0.489 e. The van der Waals surface area contributed by atoms with E-state index in [0.717, 1.165) is 75.8 Å². The van der Waals surface area contributed by atoms with Crippen molar-refractivity contribution in [3.8, 4) is 11.6 Å². The van der Waals surface area contributed by atoms with E-state index in [9.17, 15) is 23.3 Å². The molecule has 11 rings (SSSR count). The first kappa shape index (κ1) is 46.4. The molecule has 370 valence electrons. The summed E-state index contributed by atoms with van der Waals surface area (Å²) in [5.74, 6) is 0.0502. The average molecular weight is 973 g/mol. The summed E-state index contributed by atoms with van der Waals surface area (Å²) in [5.41, 5.74) is 5.80. The number of ether oxygens (including phenoxy) is 2. The number of nitrogens with one attached hydrogen (secondary N) is 3. The predicted octanol–water partition coefficient (Wildman–Crippen LogP) is 7.64. The number of benzene rings is 3. The molecule has 1 saturated carbocycles. The van der Waals surface area contributed by atoms with Gasteiger partial charge in [0.1, 0.15) is 24.0 Å². The SMILES string of the molecule is CC(C)c1ccccc1[C@@H]1CCCN1C1CC2(CCN(c3ccc(C(=O)NS(=O)(=O)c4cc5c(c([N+](=O)[O-])c4)N[C@H](CN4CCN(C)CC4)CO5)c(N4C[C@@H](C)Oc5nc6[nH]ccc6cc54)c3)CC2)C1. The molecule has 5 aliphatic heterocycles. The number of nitro groups is 1. The summed E-state index contributed by atoms with van der Waals surface area (Å²) in [6.07, 6.45) is 8.47. The van der Waals surface area contributed by atoms with Crippen LogP contribution in [0.25, 0.3) is 11.0 Å². The van der Waals surface area contributed by atoms with Gasteiger partial charge in [0.05, 0.1) is 33.7 Å². The molecule has 4 fully saturated rings. The van der Waals surface area contributed by atoms with E-state index >= 15 is 0 Å². The highest BCUT2D eigenvalue weighted by Gasteiger charge is 2.50. The van der Waals surface area contributed by atoms with Crippen LogP contribution >= 0.6 is 0 Å². The van der Waals surface area contributed by atoms with Crippen molar-refractivity contribution in [2.45, 2.75) is 94.3 Å². The number of anilines is 4. The number of likely N-dealkylation sites (tertiary alicyclic amines) is 1. The molecule has 3 saturated heterocycles. The first-order chi connectivity index (χ1) is 33.7. The highest BCUT2D eigenvalue weighted by molar-refractivity contribution is 7.90. The molecule has 1 spiro atoms. The fraction of sp³-hybridized carbons (Fsp3) is 0.500. The van der Waals surface area contributed by atoms with Crippen molar-refractivity contribution < 1.29 is 27.6 Å². The number of nitrogens with zero attached hydrogens (tertiary/aromatic N) is 7. The Hall–Kier alpha value is -5.95. The predicted molar refractivity (Wildman–Crippen MR) is 270 cm³/mol. The lowest BCUT2D eigenvalue weighted by Gasteiger charge is -2.56. The van der Waals surface area contributed by atoms with Gasteiger partial charge >= 0.3 is 0 Å². The number of sulfonamides is 1. The minimum atomic E-state index is -4.65. The number of carbonyl (C=O) groups excluding carboxylic acids is 1. The van der Waals surface area contributed by atoms with Crippen LogP contribution in [0.4, 0.5) is 28.4 Å². The van der Waals surface area contributed by atoms with Crippen molar-refractivity contribution in [1.29, 1.82) is 0 Å². The van der Waals surface area contributed by atoms with E-state index in [2.05, 4.69) is 79.8 Å². The normalized spacial score (nSPS) is 23.1. The molecule has 1 aliphatic carbocycles. The number of piperidine rings is 1. The third-order valence-electron chi connectivity index (χ3n) is 16.0. The van der Waals surface area contributed by atoms with Crippen LogP contribution in [0.2, 0.25) is 0 Å². The van der Waals surface area contributed by atoms with Crippen LogP contribution in [0, 0.1) is 15.5 Å². The molecule has 3 N–H and O–H groups in total. The highest BCUT2D eigenvalue weighted by Crippen LogP contribution is 2.54. The molecule has 0 radical (unpaired) electrons. The van der Waals surface area contributed by atoms with Crippen molar-refractivity contribution in [1.82, 2.24) is 29.4 Å². The molecule has 5 aromatic rings. The summed E-state index contributed by atoms with van der Waals surface area (Å²) in [5, 5.41) is 16.6. The summed E-state index contributed by atoms with van der Waals surface area (Å²) < 4.78 is 43.0. The van der Waals surface area contributed by atoms with Crippen molar-refractivity contribution in [3.05, 3.63) is 99.7 Å². The number of rotatable bonds is 11. The molecule has 18 heteroatoms. The number of carbonyl (C=O) groups is 1. The molecule has 0 bridgehead atoms.